The topological polar surface area (TPSA) is 128 Å². The number of carbonyl (C=O) groups excluding carboxylic acids is 3. The number of rotatable bonds is 10. The average molecular weight is 620 g/mol. The first-order valence-corrected chi connectivity index (χ1v) is 14.8. The molecule has 11 heteroatoms. The van der Waals surface area contributed by atoms with Crippen LogP contribution < -0.4 is 9.64 Å². The highest BCUT2D eigenvalue weighted by molar-refractivity contribution is 6.33. The lowest BCUT2D eigenvalue weighted by atomic mass is 9.98. The quantitative estimate of drug-likeness (QED) is 0.174. The second-order valence-electron chi connectivity index (χ2n) is 10.4. The molecule has 44 heavy (non-hydrogen) atoms. The van der Waals surface area contributed by atoms with Gasteiger partial charge in [0.15, 0.2) is 0 Å². The van der Waals surface area contributed by atoms with Crippen LogP contribution in [0.15, 0.2) is 54.7 Å². The number of hydrogen-bond acceptors (Lipinski definition) is 9. The van der Waals surface area contributed by atoms with Crippen molar-refractivity contribution in [2.24, 2.45) is 0 Å². The molecule has 1 amide bonds. The molecule has 0 spiro atoms. The van der Waals surface area contributed by atoms with Crippen molar-refractivity contribution in [3.63, 3.8) is 0 Å². The number of aromatic nitrogens is 1. The van der Waals surface area contributed by atoms with Crippen molar-refractivity contribution < 1.29 is 33.3 Å². The Labute approximate surface area is 261 Å². The van der Waals surface area contributed by atoms with Gasteiger partial charge < -0.3 is 23.8 Å². The van der Waals surface area contributed by atoms with E-state index < -0.39 is 18.4 Å². The number of nitrogens with zero attached hydrogens (tertiary/aromatic N) is 3. The van der Waals surface area contributed by atoms with E-state index in [0.29, 0.717) is 44.4 Å². The molecule has 1 aliphatic carbocycles. The Morgan fingerprint density at radius 3 is 2.57 bits per heavy atom. The van der Waals surface area contributed by atoms with Crippen LogP contribution in [-0.4, -0.2) is 49.1 Å². The zero-order chi connectivity index (χ0) is 31.6. The summed E-state index contributed by atoms with van der Waals surface area (Å²) in [7, 11) is 1.60. The van der Waals surface area contributed by atoms with E-state index in [-0.39, 0.29) is 25.0 Å². The number of pyridine rings is 1. The maximum absolute atomic E-state index is 13.5. The zero-order valence-electron chi connectivity index (χ0n) is 24.9. The van der Waals surface area contributed by atoms with Crippen molar-refractivity contribution in [3.8, 4) is 22.9 Å². The summed E-state index contributed by atoms with van der Waals surface area (Å²) in [6.07, 6.45) is 4.06. The highest BCUT2D eigenvalue weighted by atomic mass is 35.5. The lowest BCUT2D eigenvalue weighted by Gasteiger charge is -2.22. The minimum absolute atomic E-state index is 0.0421. The Morgan fingerprint density at radius 2 is 1.82 bits per heavy atom. The molecule has 0 radical (unpaired) electrons. The number of carbonyl (C=O) groups is 3. The van der Waals surface area contributed by atoms with Crippen molar-refractivity contribution in [1.82, 2.24) is 4.98 Å². The van der Waals surface area contributed by atoms with Crippen LogP contribution >= 0.6 is 11.6 Å². The van der Waals surface area contributed by atoms with Gasteiger partial charge in [-0.2, -0.15) is 5.26 Å². The number of esters is 1. The van der Waals surface area contributed by atoms with Crippen LogP contribution in [0.1, 0.15) is 67.1 Å². The van der Waals surface area contributed by atoms with E-state index >= 15 is 0 Å². The number of hydrogen-bond donors (Lipinski definition) is 0. The molecule has 1 aliphatic rings. The summed E-state index contributed by atoms with van der Waals surface area (Å²) in [5.41, 5.74) is 2.94. The maximum Gasteiger partial charge on any atom is 0.511 e. The van der Waals surface area contributed by atoms with Crippen LogP contribution in [0.5, 0.6) is 5.75 Å². The summed E-state index contributed by atoms with van der Waals surface area (Å²) in [5, 5.41) is 9.99. The molecule has 0 bridgehead atoms. The van der Waals surface area contributed by atoms with E-state index in [9.17, 15) is 19.6 Å². The Kier molecular flexibility index (Phi) is 11.2. The molecule has 1 saturated carbocycles. The van der Waals surface area contributed by atoms with Crippen molar-refractivity contribution in [2.45, 2.75) is 64.8 Å². The molecule has 1 unspecified atom stereocenters. The van der Waals surface area contributed by atoms with Crippen LogP contribution in [0.25, 0.3) is 11.1 Å². The zero-order valence-corrected chi connectivity index (χ0v) is 25.6. The second-order valence-corrected chi connectivity index (χ2v) is 10.8. The average Bonchev–Trinajstić information content (AvgIpc) is 3.01. The molecule has 230 valence electrons. The van der Waals surface area contributed by atoms with Crippen molar-refractivity contribution >= 4 is 35.3 Å². The molecular formula is C33H34ClN3O7. The van der Waals surface area contributed by atoms with Crippen LogP contribution in [-0.2, 0) is 19.0 Å². The highest BCUT2D eigenvalue weighted by Crippen LogP contribution is 2.33. The van der Waals surface area contributed by atoms with Crippen molar-refractivity contribution in [3.05, 3.63) is 76.6 Å². The maximum atomic E-state index is 13.5. The Balaban J connectivity index is 1.35. The molecule has 1 aromatic heterocycles. The van der Waals surface area contributed by atoms with Crippen LogP contribution in [0.3, 0.4) is 0 Å². The van der Waals surface area contributed by atoms with E-state index in [1.54, 1.807) is 68.7 Å². The number of nitriles is 1. The Hall–Kier alpha value is -4.62. The molecule has 2 aromatic carbocycles. The summed E-state index contributed by atoms with van der Waals surface area (Å²) >= 11 is 6.45. The van der Waals surface area contributed by atoms with Gasteiger partial charge in [-0.1, -0.05) is 30.2 Å². The molecule has 0 saturated heterocycles. The minimum Gasteiger partial charge on any atom is -0.491 e. The fourth-order valence-electron chi connectivity index (χ4n) is 4.89. The molecule has 0 aliphatic heterocycles. The lowest BCUT2D eigenvalue weighted by Crippen LogP contribution is -2.27. The van der Waals surface area contributed by atoms with Gasteiger partial charge >= 0.3 is 12.1 Å². The van der Waals surface area contributed by atoms with Gasteiger partial charge in [-0.3, -0.25) is 14.6 Å². The monoisotopic (exact) mass is 619 g/mol. The third kappa shape index (κ3) is 8.48. The summed E-state index contributed by atoms with van der Waals surface area (Å²) in [4.78, 5) is 43.6. The fourth-order valence-corrected chi connectivity index (χ4v) is 5.11. The minimum atomic E-state index is -1.11. The first kappa shape index (κ1) is 32.3. The molecule has 1 fully saturated rings. The van der Waals surface area contributed by atoms with Crippen LogP contribution in [0.4, 0.5) is 10.5 Å². The highest BCUT2D eigenvalue weighted by Gasteiger charge is 2.23. The lowest BCUT2D eigenvalue weighted by molar-refractivity contribution is -0.169. The van der Waals surface area contributed by atoms with E-state index in [1.807, 2.05) is 0 Å². The van der Waals surface area contributed by atoms with E-state index in [2.05, 4.69) is 11.1 Å². The normalized spacial score (nSPS) is 13.7. The summed E-state index contributed by atoms with van der Waals surface area (Å²) in [6.45, 7) is 3.19. The summed E-state index contributed by atoms with van der Waals surface area (Å²) in [5.74, 6) is -0.593. The molecule has 10 nitrogen and oxygen atoms in total. The van der Waals surface area contributed by atoms with Gasteiger partial charge in [0.1, 0.15) is 11.9 Å². The fraction of sp³-hybridized carbons (Fsp3) is 0.364. The van der Waals surface area contributed by atoms with Crippen LogP contribution in [0, 0.1) is 18.3 Å². The van der Waals surface area contributed by atoms with E-state index in [0.717, 1.165) is 32.1 Å². The number of halogens is 1. The van der Waals surface area contributed by atoms with Crippen molar-refractivity contribution in [1.29, 1.82) is 5.26 Å². The van der Waals surface area contributed by atoms with E-state index in [1.165, 1.54) is 11.8 Å². The van der Waals surface area contributed by atoms with Gasteiger partial charge in [0.25, 0.3) is 5.91 Å². The standard InChI is InChI=1S/C33H34ClN3O7/c1-21-17-24(19-35)27(20-36-21)26-18-23(13-14-28(26)34)32(39)37(3)29-11-7-8-12-30(29)41-16-15-31(38)42-22(2)43-33(40)44-25-9-5-4-6-10-25/h7-8,11-14,17-18,20,22,25H,4-6,9-10,15-16H2,1-3H3. The van der Waals surface area contributed by atoms with E-state index in [4.69, 9.17) is 30.5 Å². The third-order valence-corrected chi connectivity index (χ3v) is 7.46. The smallest absolute Gasteiger partial charge is 0.491 e. The number of anilines is 1. The third-order valence-electron chi connectivity index (χ3n) is 7.13. The first-order chi connectivity index (χ1) is 21.2. The first-order valence-electron chi connectivity index (χ1n) is 14.4. The van der Waals surface area contributed by atoms with Crippen LogP contribution in [0.2, 0.25) is 5.02 Å². The van der Waals surface area contributed by atoms with Crippen molar-refractivity contribution in [2.75, 3.05) is 18.6 Å². The molecule has 4 rings (SSSR count). The molecular weight excluding hydrogens is 586 g/mol. The predicted molar refractivity (Wildman–Crippen MR) is 163 cm³/mol. The number of aryl methyl sites for hydroxylation is 1. The predicted octanol–water partition coefficient (Wildman–Crippen LogP) is 7.00. The molecule has 1 heterocycles. The van der Waals surface area contributed by atoms with Gasteiger partial charge in [-0.05, 0) is 69.0 Å². The van der Waals surface area contributed by atoms with Gasteiger partial charge in [0.05, 0.1) is 30.3 Å². The van der Waals surface area contributed by atoms with Gasteiger partial charge in [-0.15, -0.1) is 0 Å². The Bertz CT molecular complexity index is 1550. The van der Waals surface area contributed by atoms with Gasteiger partial charge in [-0.25, -0.2) is 4.79 Å². The van der Waals surface area contributed by atoms with Gasteiger partial charge in [0.2, 0.25) is 6.29 Å². The number of benzene rings is 2. The Morgan fingerprint density at radius 1 is 1.07 bits per heavy atom. The number of para-hydroxylation sites is 2. The molecule has 0 N–H and O–H groups in total. The molecule has 1 atom stereocenters. The summed E-state index contributed by atoms with van der Waals surface area (Å²) in [6, 6.07) is 15.6. The van der Waals surface area contributed by atoms with Gasteiger partial charge in [0, 0.05) is 47.6 Å². The SMILES string of the molecule is Cc1cc(C#N)c(-c2cc(C(=O)N(C)c3ccccc3OCCC(=O)OC(C)OC(=O)OC3CCCCC3)ccc2Cl)cn1. The molecule has 3 aromatic rings. The summed E-state index contributed by atoms with van der Waals surface area (Å²) < 4.78 is 21.3. The largest absolute Gasteiger partial charge is 0.511 e. The number of ether oxygens (including phenoxy) is 4. The number of amides is 1. The second kappa shape index (κ2) is 15.2.